The molecule has 3 fully saturated rings. The zero-order valence-electron chi connectivity index (χ0n) is 11.3. The van der Waals surface area contributed by atoms with Gasteiger partial charge in [-0.2, -0.15) is 0 Å². The van der Waals surface area contributed by atoms with Gasteiger partial charge in [-0.25, -0.2) is 0 Å². The Labute approximate surface area is 110 Å². The topological polar surface area (TPSA) is 41.1 Å². The summed E-state index contributed by atoms with van der Waals surface area (Å²) in [5.74, 6) is 2.27. The summed E-state index contributed by atoms with van der Waals surface area (Å²) in [5, 5.41) is 6.59. The molecule has 2 saturated carbocycles. The molecule has 1 aliphatic heterocycles. The molecule has 0 aromatic rings. The van der Waals surface area contributed by atoms with Crippen LogP contribution in [0.4, 0.5) is 0 Å². The molecule has 3 nitrogen and oxygen atoms in total. The lowest BCUT2D eigenvalue weighted by molar-refractivity contribution is -0.122. The Bertz CT molecular complexity index is 293. The fraction of sp³-hybridized carbons (Fsp3) is 0.933. The Morgan fingerprint density at radius 1 is 1.11 bits per heavy atom. The van der Waals surface area contributed by atoms with E-state index in [1.54, 1.807) is 0 Å². The number of amides is 1. The van der Waals surface area contributed by atoms with Gasteiger partial charge in [0.2, 0.25) is 5.91 Å². The van der Waals surface area contributed by atoms with E-state index in [2.05, 4.69) is 10.6 Å². The zero-order chi connectivity index (χ0) is 12.4. The Kier molecular flexibility index (Phi) is 3.88. The highest BCUT2D eigenvalue weighted by Crippen LogP contribution is 2.49. The van der Waals surface area contributed by atoms with Crippen LogP contribution in [-0.2, 0) is 4.79 Å². The van der Waals surface area contributed by atoms with Crippen molar-refractivity contribution >= 4 is 5.91 Å². The van der Waals surface area contributed by atoms with Gasteiger partial charge in [-0.15, -0.1) is 0 Å². The van der Waals surface area contributed by atoms with Crippen LogP contribution in [0.15, 0.2) is 0 Å². The molecule has 3 rings (SSSR count). The average molecular weight is 250 g/mol. The first-order chi connectivity index (χ1) is 8.84. The molecule has 3 heteroatoms. The Hall–Kier alpha value is -0.570. The molecule has 3 aliphatic rings. The van der Waals surface area contributed by atoms with Gasteiger partial charge in [0.1, 0.15) is 0 Å². The third-order valence-corrected chi connectivity index (χ3v) is 5.12. The molecule has 1 amide bonds. The minimum Gasteiger partial charge on any atom is -0.354 e. The third-order valence-electron chi connectivity index (χ3n) is 5.12. The molecule has 2 N–H and O–H groups in total. The van der Waals surface area contributed by atoms with Crippen molar-refractivity contribution in [2.24, 2.45) is 17.8 Å². The summed E-state index contributed by atoms with van der Waals surface area (Å²) in [4.78, 5) is 12.1. The molecule has 102 valence electrons. The molecular weight excluding hydrogens is 224 g/mol. The lowest BCUT2D eigenvalue weighted by Gasteiger charge is -2.21. The van der Waals surface area contributed by atoms with Crippen molar-refractivity contribution in [3.05, 3.63) is 0 Å². The second-order valence-corrected chi connectivity index (χ2v) is 6.44. The number of carbonyl (C=O) groups is 1. The van der Waals surface area contributed by atoms with Crippen molar-refractivity contribution in [1.82, 2.24) is 10.6 Å². The van der Waals surface area contributed by atoms with Gasteiger partial charge >= 0.3 is 0 Å². The first-order valence-electron chi connectivity index (χ1n) is 7.85. The van der Waals surface area contributed by atoms with E-state index in [-0.39, 0.29) is 0 Å². The molecule has 1 saturated heterocycles. The van der Waals surface area contributed by atoms with E-state index in [1.807, 2.05) is 0 Å². The van der Waals surface area contributed by atoms with E-state index in [4.69, 9.17) is 0 Å². The number of hydrogen-bond donors (Lipinski definition) is 2. The van der Waals surface area contributed by atoms with Crippen molar-refractivity contribution in [2.45, 2.75) is 57.4 Å². The summed E-state index contributed by atoms with van der Waals surface area (Å²) in [6.07, 6.45) is 10.6. The van der Waals surface area contributed by atoms with E-state index >= 15 is 0 Å². The van der Waals surface area contributed by atoms with Crippen LogP contribution in [0.25, 0.3) is 0 Å². The highest BCUT2D eigenvalue weighted by Gasteiger charge is 2.47. The first kappa shape index (κ1) is 12.5. The van der Waals surface area contributed by atoms with Gasteiger partial charge in [0.15, 0.2) is 0 Å². The summed E-state index contributed by atoms with van der Waals surface area (Å²) in [6, 6.07) is 0.529. The summed E-state index contributed by atoms with van der Waals surface area (Å²) < 4.78 is 0. The van der Waals surface area contributed by atoms with Gasteiger partial charge in [-0.05, 0) is 37.6 Å². The standard InChI is InChI=1S/C15H26N2O/c18-15(17-10-12-7-4-8-16-12)14-9-13(14)11-5-2-1-3-6-11/h11-14,16H,1-10H2,(H,17,18)/t12-,13+,14+/m0/s1. The number of rotatable bonds is 4. The van der Waals surface area contributed by atoms with Gasteiger partial charge in [0.25, 0.3) is 0 Å². The van der Waals surface area contributed by atoms with Crippen molar-refractivity contribution in [3.8, 4) is 0 Å². The second kappa shape index (κ2) is 5.60. The molecule has 18 heavy (non-hydrogen) atoms. The average Bonchev–Trinajstić information content (AvgIpc) is 3.05. The fourth-order valence-electron chi connectivity index (χ4n) is 3.89. The smallest absolute Gasteiger partial charge is 0.223 e. The van der Waals surface area contributed by atoms with Gasteiger partial charge in [0, 0.05) is 18.5 Å². The molecule has 0 spiro atoms. The SMILES string of the molecule is O=C(NC[C@@H]1CCCN1)[C@@H]1C[C@@H]1C1CCCCC1. The summed E-state index contributed by atoms with van der Waals surface area (Å²) in [5.41, 5.74) is 0. The molecule has 0 aromatic carbocycles. The maximum absolute atomic E-state index is 12.1. The maximum atomic E-state index is 12.1. The van der Waals surface area contributed by atoms with E-state index in [1.165, 1.54) is 44.9 Å². The monoisotopic (exact) mass is 250 g/mol. The number of carbonyl (C=O) groups excluding carboxylic acids is 1. The van der Waals surface area contributed by atoms with Crippen LogP contribution >= 0.6 is 0 Å². The van der Waals surface area contributed by atoms with Crippen LogP contribution in [0.3, 0.4) is 0 Å². The number of nitrogens with one attached hydrogen (secondary N) is 2. The normalized spacial score (nSPS) is 36.6. The minimum absolute atomic E-state index is 0.333. The largest absolute Gasteiger partial charge is 0.354 e. The molecular formula is C15H26N2O. The van der Waals surface area contributed by atoms with E-state index in [9.17, 15) is 4.79 Å². The van der Waals surface area contributed by atoms with Gasteiger partial charge in [-0.3, -0.25) is 4.79 Å². The zero-order valence-corrected chi connectivity index (χ0v) is 11.3. The van der Waals surface area contributed by atoms with Crippen LogP contribution in [-0.4, -0.2) is 25.0 Å². The Morgan fingerprint density at radius 3 is 2.67 bits per heavy atom. The predicted octanol–water partition coefficient (Wildman–Crippen LogP) is 2.07. The predicted molar refractivity (Wildman–Crippen MR) is 72.2 cm³/mol. The van der Waals surface area contributed by atoms with Gasteiger partial charge in [0.05, 0.1) is 0 Å². The lowest BCUT2D eigenvalue weighted by Crippen LogP contribution is -2.38. The molecule has 0 bridgehead atoms. The quantitative estimate of drug-likeness (QED) is 0.802. The first-order valence-corrected chi connectivity index (χ1v) is 7.85. The van der Waals surface area contributed by atoms with Crippen molar-refractivity contribution in [1.29, 1.82) is 0 Å². The highest BCUT2D eigenvalue weighted by molar-refractivity contribution is 5.81. The number of hydrogen-bond acceptors (Lipinski definition) is 2. The molecule has 1 heterocycles. The lowest BCUT2D eigenvalue weighted by atomic mass is 9.85. The fourth-order valence-corrected chi connectivity index (χ4v) is 3.89. The molecule has 3 atom stereocenters. The molecule has 0 aromatic heterocycles. The summed E-state index contributed by atoms with van der Waals surface area (Å²) in [7, 11) is 0. The van der Waals surface area contributed by atoms with Crippen molar-refractivity contribution in [2.75, 3.05) is 13.1 Å². The second-order valence-electron chi connectivity index (χ2n) is 6.44. The van der Waals surface area contributed by atoms with Gasteiger partial charge < -0.3 is 10.6 Å². The summed E-state index contributed by atoms with van der Waals surface area (Å²) >= 11 is 0. The van der Waals surface area contributed by atoms with Crippen LogP contribution in [0.2, 0.25) is 0 Å². The van der Waals surface area contributed by atoms with E-state index in [0.29, 0.717) is 17.9 Å². The Balaban J connectivity index is 1.38. The van der Waals surface area contributed by atoms with Crippen LogP contribution in [0.5, 0.6) is 0 Å². The molecule has 0 radical (unpaired) electrons. The van der Waals surface area contributed by atoms with Crippen molar-refractivity contribution in [3.63, 3.8) is 0 Å². The van der Waals surface area contributed by atoms with Gasteiger partial charge in [-0.1, -0.05) is 32.1 Å². The van der Waals surface area contributed by atoms with E-state index < -0.39 is 0 Å². The Morgan fingerprint density at radius 2 is 1.94 bits per heavy atom. The van der Waals surface area contributed by atoms with Crippen LogP contribution in [0, 0.1) is 17.8 Å². The minimum atomic E-state index is 0.333. The van der Waals surface area contributed by atoms with Crippen LogP contribution in [0.1, 0.15) is 51.4 Å². The van der Waals surface area contributed by atoms with E-state index in [0.717, 1.165) is 31.3 Å². The maximum Gasteiger partial charge on any atom is 0.223 e. The molecule has 2 aliphatic carbocycles. The third kappa shape index (κ3) is 2.87. The van der Waals surface area contributed by atoms with Crippen molar-refractivity contribution < 1.29 is 4.79 Å². The molecule has 0 unspecified atom stereocenters. The highest BCUT2D eigenvalue weighted by atomic mass is 16.2. The van der Waals surface area contributed by atoms with Crippen LogP contribution < -0.4 is 10.6 Å². The summed E-state index contributed by atoms with van der Waals surface area (Å²) in [6.45, 7) is 1.96.